The average Bonchev–Trinajstić information content (AvgIpc) is 2.80. The molecule has 0 aliphatic rings. The molecule has 0 amide bonds. The maximum Gasteiger partial charge on any atom is 0.241 e. The first-order valence-electron chi connectivity index (χ1n) is 6.40. The van der Waals surface area contributed by atoms with Crippen LogP contribution in [0.3, 0.4) is 0 Å². The van der Waals surface area contributed by atoms with Gasteiger partial charge in [-0.2, -0.15) is 15.0 Å². The van der Waals surface area contributed by atoms with Crippen LogP contribution in [0.1, 0.15) is 5.82 Å². The van der Waals surface area contributed by atoms with E-state index in [-0.39, 0.29) is 11.9 Å². The van der Waals surface area contributed by atoms with Gasteiger partial charge in [0.2, 0.25) is 17.2 Å². The number of anilines is 1. The summed E-state index contributed by atoms with van der Waals surface area (Å²) in [6, 6.07) is 7.56. The topological polar surface area (TPSA) is 88.8 Å². The normalized spacial score (nSPS) is 11.0. The molecular weight excluding hydrogens is 292 g/mol. The van der Waals surface area contributed by atoms with Crippen LogP contribution < -0.4 is 5.32 Å². The largest absolute Gasteiger partial charge is 0.395 e. The third-order valence-electron chi connectivity index (χ3n) is 2.85. The Morgan fingerprint density at radius 3 is 2.81 bits per heavy atom. The average molecular weight is 305 g/mol. The first-order valence-corrected chi connectivity index (χ1v) is 6.77. The van der Waals surface area contributed by atoms with Crippen LogP contribution in [-0.4, -0.2) is 42.8 Å². The summed E-state index contributed by atoms with van der Waals surface area (Å²) < 4.78 is 1.66. The Balaban J connectivity index is 2.14. The number of fused-ring (bicyclic) bond motifs is 1. The third-order valence-corrected chi connectivity index (χ3v) is 3.10. The monoisotopic (exact) mass is 304 g/mol. The van der Waals surface area contributed by atoms with Gasteiger partial charge in [0, 0.05) is 6.54 Å². The van der Waals surface area contributed by atoms with Gasteiger partial charge in [-0.15, -0.1) is 0 Å². The zero-order valence-electron chi connectivity index (χ0n) is 11.3. The predicted molar refractivity (Wildman–Crippen MR) is 79.8 cm³/mol. The lowest BCUT2D eigenvalue weighted by Gasteiger charge is -2.08. The molecule has 1 aromatic carbocycles. The minimum Gasteiger partial charge on any atom is -0.395 e. The zero-order valence-corrected chi connectivity index (χ0v) is 12.0. The molecule has 8 heteroatoms. The van der Waals surface area contributed by atoms with Gasteiger partial charge >= 0.3 is 0 Å². The van der Waals surface area contributed by atoms with Crippen LogP contribution in [-0.2, 0) is 0 Å². The fourth-order valence-corrected chi connectivity index (χ4v) is 2.26. The molecule has 0 aliphatic carbocycles. The van der Waals surface area contributed by atoms with Crippen molar-refractivity contribution in [2.45, 2.75) is 6.92 Å². The Labute approximate surface area is 125 Å². The van der Waals surface area contributed by atoms with E-state index in [0.29, 0.717) is 24.3 Å². The number of aliphatic hydroxyl groups excluding tert-OH is 1. The van der Waals surface area contributed by atoms with E-state index in [2.05, 4.69) is 25.3 Å². The lowest BCUT2D eigenvalue weighted by atomic mass is 10.3. The van der Waals surface area contributed by atoms with Crippen LogP contribution in [0.5, 0.6) is 0 Å². The SMILES string of the molecule is Cc1nc(NCCO)nc(-n2c(Cl)nc3ccccc32)n1. The van der Waals surface area contributed by atoms with Crippen molar-refractivity contribution >= 4 is 28.6 Å². The number of aromatic nitrogens is 5. The molecule has 0 bridgehead atoms. The van der Waals surface area contributed by atoms with Gasteiger partial charge in [-0.1, -0.05) is 12.1 Å². The molecule has 3 aromatic rings. The number of hydrogen-bond donors (Lipinski definition) is 2. The minimum atomic E-state index is -0.00513. The van der Waals surface area contributed by atoms with Crippen LogP contribution in [0.15, 0.2) is 24.3 Å². The van der Waals surface area contributed by atoms with Crippen molar-refractivity contribution in [3.05, 3.63) is 35.4 Å². The second-order valence-corrected chi connectivity index (χ2v) is 4.70. The summed E-state index contributed by atoms with van der Waals surface area (Å²) in [7, 11) is 0. The second-order valence-electron chi connectivity index (χ2n) is 4.36. The molecule has 7 nitrogen and oxygen atoms in total. The molecule has 3 rings (SSSR count). The second kappa shape index (κ2) is 5.63. The quantitative estimate of drug-likeness (QED) is 0.760. The number of imidazole rings is 1. The highest BCUT2D eigenvalue weighted by atomic mass is 35.5. The number of halogens is 1. The summed E-state index contributed by atoms with van der Waals surface area (Å²) in [6.45, 7) is 2.12. The number of nitrogens with one attached hydrogen (secondary N) is 1. The number of para-hydroxylation sites is 2. The molecule has 2 aromatic heterocycles. The van der Waals surface area contributed by atoms with E-state index in [1.807, 2.05) is 24.3 Å². The summed E-state index contributed by atoms with van der Waals surface area (Å²) in [4.78, 5) is 17.1. The smallest absolute Gasteiger partial charge is 0.241 e. The first-order chi connectivity index (χ1) is 10.2. The number of nitrogens with zero attached hydrogens (tertiary/aromatic N) is 5. The van der Waals surface area contributed by atoms with Gasteiger partial charge in [0.15, 0.2) is 0 Å². The van der Waals surface area contributed by atoms with Gasteiger partial charge in [-0.25, -0.2) is 4.98 Å². The Hall–Kier alpha value is -2.25. The number of rotatable bonds is 4. The lowest BCUT2D eigenvalue weighted by molar-refractivity contribution is 0.310. The van der Waals surface area contributed by atoms with Crippen LogP contribution in [0.25, 0.3) is 17.0 Å². The molecular formula is C13H13ClN6O. The van der Waals surface area contributed by atoms with Crippen LogP contribution in [0.2, 0.25) is 5.28 Å². The lowest BCUT2D eigenvalue weighted by Crippen LogP contribution is -2.12. The van der Waals surface area contributed by atoms with E-state index in [1.54, 1.807) is 11.5 Å². The summed E-state index contributed by atoms with van der Waals surface area (Å²) in [5.41, 5.74) is 1.59. The standard InChI is InChI=1S/C13H13ClN6O/c1-8-16-12(15-6-7-21)19-13(17-8)20-10-5-3-2-4-9(10)18-11(20)14/h2-5,21H,6-7H2,1H3,(H,15,16,17,19). The molecule has 0 saturated carbocycles. The zero-order chi connectivity index (χ0) is 14.8. The number of aliphatic hydroxyl groups is 1. The maximum absolute atomic E-state index is 8.87. The molecule has 0 aliphatic heterocycles. The molecule has 2 heterocycles. The Morgan fingerprint density at radius 1 is 1.19 bits per heavy atom. The fraction of sp³-hybridized carbons (Fsp3) is 0.231. The molecule has 0 spiro atoms. The highest BCUT2D eigenvalue weighted by Gasteiger charge is 2.14. The van der Waals surface area contributed by atoms with Gasteiger partial charge in [-0.05, 0) is 30.7 Å². The van der Waals surface area contributed by atoms with Crippen LogP contribution in [0, 0.1) is 6.92 Å². The van der Waals surface area contributed by atoms with E-state index in [1.165, 1.54) is 0 Å². The van der Waals surface area contributed by atoms with E-state index in [4.69, 9.17) is 16.7 Å². The highest BCUT2D eigenvalue weighted by Crippen LogP contribution is 2.22. The van der Waals surface area contributed by atoms with Gasteiger partial charge in [0.1, 0.15) is 5.82 Å². The van der Waals surface area contributed by atoms with Crippen molar-refractivity contribution in [1.82, 2.24) is 24.5 Å². The summed E-state index contributed by atoms with van der Waals surface area (Å²) >= 11 is 6.20. The highest BCUT2D eigenvalue weighted by molar-refractivity contribution is 6.29. The van der Waals surface area contributed by atoms with E-state index >= 15 is 0 Å². The molecule has 21 heavy (non-hydrogen) atoms. The third kappa shape index (κ3) is 2.65. The summed E-state index contributed by atoms with van der Waals surface area (Å²) in [6.07, 6.45) is 0. The molecule has 108 valence electrons. The Kier molecular flexibility index (Phi) is 3.68. The van der Waals surface area contributed by atoms with Gasteiger partial charge in [0.05, 0.1) is 17.6 Å². The van der Waals surface area contributed by atoms with Crippen molar-refractivity contribution in [3.63, 3.8) is 0 Å². The van der Waals surface area contributed by atoms with Gasteiger partial charge in [0.25, 0.3) is 0 Å². The first kappa shape index (κ1) is 13.7. The van der Waals surface area contributed by atoms with E-state index in [0.717, 1.165) is 11.0 Å². The Morgan fingerprint density at radius 2 is 2.00 bits per heavy atom. The Bertz CT molecular complexity index is 787. The number of aryl methyl sites for hydroxylation is 1. The van der Waals surface area contributed by atoms with E-state index in [9.17, 15) is 0 Å². The molecule has 2 N–H and O–H groups in total. The number of hydrogen-bond acceptors (Lipinski definition) is 6. The minimum absolute atomic E-state index is 0.00513. The fourth-order valence-electron chi connectivity index (χ4n) is 2.00. The summed E-state index contributed by atoms with van der Waals surface area (Å²) in [5, 5.41) is 12.1. The van der Waals surface area contributed by atoms with Crippen molar-refractivity contribution in [1.29, 1.82) is 0 Å². The van der Waals surface area contributed by atoms with Crippen molar-refractivity contribution in [3.8, 4) is 5.95 Å². The van der Waals surface area contributed by atoms with Crippen LogP contribution >= 0.6 is 11.6 Å². The molecule has 0 atom stereocenters. The predicted octanol–water partition coefficient (Wildman–Crippen LogP) is 1.58. The molecule has 0 radical (unpaired) electrons. The van der Waals surface area contributed by atoms with Gasteiger partial charge in [-0.3, -0.25) is 4.57 Å². The number of benzene rings is 1. The maximum atomic E-state index is 8.87. The molecule has 0 unspecified atom stereocenters. The molecule has 0 fully saturated rings. The summed E-state index contributed by atoms with van der Waals surface area (Å²) in [5.74, 6) is 1.33. The van der Waals surface area contributed by atoms with Crippen molar-refractivity contribution < 1.29 is 5.11 Å². The van der Waals surface area contributed by atoms with Crippen LogP contribution in [0.4, 0.5) is 5.95 Å². The van der Waals surface area contributed by atoms with Gasteiger partial charge < -0.3 is 10.4 Å². The molecule has 0 saturated heterocycles. The van der Waals surface area contributed by atoms with Crippen molar-refractivity contribution in [2.24, 2.45) is 0 Å². The van der Waals surface area contributed by atoms with E-state index < -0.39 is 0 Å². The van der Waals surface area contributed by atoms with Crippen molar-refractivity contribution in [2.75, 3.05) is 18.5 Å².